The van der Waals surface area contributed by atoms with E-state index in [-0.39, 0.29) is 36.0 Å². The molecule has 0 radical (unpaired) electrons. The van der Waals surface area contributed by atoms with Gasteiger partial charge in [0.2, 0.25) is 0 Å². The van der Waals surface area contributed by atoms with Crippen molar-refractivity contribution in [3.63, 3.8) is 0 Å². The summed E-state index contributed by atoms with van der Waals surface area (Å²) in [7, 11) is -4.44. The second-order valence-electron chi connectivity index (χ2n) is 1.81. The average Bonchev–Trinajstić information content (AvgIpc) is 1.80. The minimum Gasteiger partial charge on any atom is -0.748 e. The van der Waals surface area contributed by atoms with Gasteiger partial charge in [0.1, 0.15) is 0 Å². The van der Waals surface area contributed by atoms with Crippen LogP contribution in [0.1, 0.15) is 6.42 Å². The van der Waals surface area contributed by atoms with E-state index in [0.717, 1.165) is 0 Å². The van der Waals surface area contributed by atoms with Gasteiger partial charge in [-0.15, -0.1) is 0 Å². The summed E-state index contributed by atoms with van der Waals surface area (Å²) in [5.41, 5.74) is 0. The molecule has 0 aromatic carbocycles. The number of rotatable bonds is 4. The fraction of sp³-hybridized carbons (Fsp3) is 1.00. The van der Waals surface area contributed by atoms with Crippen molar-refractivity contribution < 1.29 is 52.7 Å². The summed E-state index contributed by atoms with van der Waals surface area (Å²) in [5.74, 6) is 0. The number of hydrogen-bond acceptors (Lipinski definition) is 5. The quantitative estimate of drug-likeness (QED) is 0.344. The maximum atomic E-state index is 10.1. The van der Waals surface area contributed by atoms with E-state index in [9.17, 15) is 13.0 Å². The van der Waals surface area contributed by atoms with Crippen molar-refractivity contribution >= 4 is 10.1 Å². The van der Waals surface area contributed by atoms with E-state index < -0.39 is 28.6 Å². The summed E-state index contributed by atoms with van der Waals surface area (Å²) >= 11 is 0. The molecule has 0 aromatic heterocycles. The van der Waals surface area contributed by atoms with Gasteiger partial charge < -0.3 is 14.8 Å². The maximum absolute atomic E-state index is 10.1. The van der Waals surface area contributed by atoms with E-state index in [1.54, 1.807) is 0 Å². The third kappa shape index (κ3) is 6.03. The molecular weight excluding hydrogens is 183 g/mol. The molecule has 0 spiro atoms. The van der Waals surface area contributed by atoms with Crippen LogP contribution in [0.3, 0.4) is 0 Å². The first-order valence-electron chi connectivity index (χ1n) is 2.68. The Morgan fingerprint density at radius 1 is 1.36 bits per heavy atom. The smallest absolute Gasteiger partial charge is 0.748 e. The Hall–Kier alpha value is 0.830. The van der Waals surface area contributed by atoms with E-state index in [1.165, 1.54) is 0 Å². The summed E-state index contributed by atoms with van der Waals surface area (Å²) in [4.78, 5) is 0. The van der Waals surface area contributed by atoms with Gasteiger partial charge in [0.25, 0.3) is 0 Å². The monoisotopic (exact) mass is 192 g/mol. The molecule has 11 heavy (non-hydrogen) atoms. The molecule has 62 valence electrons. The molecule has 0 saturated carbocycles. The molecular formula is C4H9NaO5S. The second-order valence-corrected chi connectivity index (χ2v) is 3.46. The Morgan fingerprint density at radius 2 is 1.82 bits per heavy atom. The van der Waals surface area contributed by atoms with Crippen LogP contribution in [0.4, 0.5) is 0 Å². The predicted molar refractivity (Wildman–Crippen MR) is 32.3 cm³/mol. The molecule has 1 unspecified atom stereocenters. The summed E-state index contributed by atoms with van der Waals surface area (Å²) in [5, 5.41) is 15.2. The summed E-state index contributed by atoms with van der Waals surface area (Å²) in [6, 6.07) is 0. The van der Waals surface area contributed by atoms with Crippen molar-refractivity contribution in [3.05, 3.63) is 0 Å². The largest absolute Gasteiger partial charge is 1.00 e. The van der Waals surface area contributed by atoms with Gasteiger partial charge in [-0.05, 0) is 6.42 Å². The van der Waals surface area contributed by atoms with Gasteiger partial charge in [-0.25, -0.2) is 8.42 Å². The SMILES string of the molecule is O=S(=O)([O-])C(CO)CCO.[Na+]. The fourth-order valence-electron chi connectivity index (χ4n) is 0.471. The minimum absolute atomic E-state index is 0. The van der Waals surface area contributed by atoms with Crippen molar-refractivity contribution in [1.82, 2.24) is 0 Å². The number of aliphatic hydroxyl groups excluding tert-OH is 2. The van der Waals surface area contributed by atoms with Crippen LogP contribution in [0.15, 0.2) is 0 Å². The Balaban J connectivity index is 0. The third-order valence-electron chi connectivity index (χ3n) is 1.06. The first-order valence-corrected chi connectivity index (χ1v) is 4.16. The fourth-order valence-corrected chi connectivity index (χ4v) is 1.05. The molecule has 0 aliphatic heterocycles. The molecule has 5 nitrogen and oxygen atoms in total. The van der Waals surface area contributed by atoms with Crippen LogP contribution in [-0.2, 0) is 10.1 Å². The maximum Gasteiger partial charge on any atom is 1.00 e. The number of hydrogen-bond donors (Lipinski definition) is 2. The van der Waals surface area contributed by atoms with Gasteiger partial charge in [0, 0.05) is 6.61 Å². The molecule has 0 aromatic rings. The van der Waals surface area contributed by atoms with Gasteiger partial charge in [-0.2, -0.15) is 0 Å². The molecule has 0 bridgehead atoms. The van der Waals surface area contributed by atoms with E-state index in [2.05, 4.69) is 0 Å². The minimum atomic E-state index is -4.44. The molecule has 0 aliphatic carbocycles. The standard InChI is InChI=1S/C4H10O5S.Na/c5-2-1-4(3-6)10(7,8)9;/h4-6H,1-3H2,(H,7,8,9);/q;+1/p-1. The van der Waals surface area contributed by atoms with Crippen molar-refractivity contribution in [1.29, 1.82) is 0 Å². The third-order valence-corrected chi connectivity index (χ3v) is 2.26. The zero-order valence-corrected chi connectivity index (χ0v) is 9.04. The molecule has 0 saturated heterocycles. The van der Waals surface area contributed by atoms with E-state index in [1.807, 2.05) is 0 Å². The van der Waals surface area contributed by atoms with E-state index >= 15 is 0 Å². The zero-order chi connectivity index (χ0) is 8.20. The first kappa shape index (κ1) is 14.4. The van der Waals surface area contributed by atoms with Crippen LogP contribution in [0, 0.1) is 0 Å². The van der Waals surface area contributed by atoms with Gasteiger partial charge in [-0.3, -0.25) is 0 Å². The Labute approximate surface area is 87.5 Å². The summed E-state index contributed by atoms with van der Waals surface area (Å²) in [6.07, 6.45) is -0.206. The Morgan fingerprint density at radius 3 is 1.91 bits per heavy atom. The topological polar surface area (TPSA) is 97.7 Å². The van der Waals surface area contributed by atoms with Crippen molar-refractivity contribution in [2.45, 2.75) is 11.7 Å². The molecule has 0 heterocycles. The van der Waals surface area contributed by atoms with E-state index in [0.29, 0.717) is 0 Å². The van der Waals surface area contributed by atoms with E-state index in [4.69, 9.17) is 10.2 Å². The molecule has 0 aliphatic rings. The molecule has 0 fully saturated rings. The van der Waals surface area contributed by atoms with Crippen LogP contribution in [0.5, 0.6) is 0 Å². The Kier molecular flexibility index (Phi) is 8.30. The van der Waals surface area contributed by atoms with Gasteiger partial charge >= 0.3 is 29.6 Å². The van der Waals surface area contributed by atoms with Crippen LogP contribution in [0.25, 0.3) is 0 Å². The van der Waals surface area contributed by atoms with Crippen molar-refractivity contribution in [3.8, 4) is 0 Å². The molecule has 1 atom stereocenters. The molecule has 2 N–H and O–H groups in total. The van der Waals surface area contributed by atoms with Crippen LogP contribution < -0.4 is 29.6 Å². The molecule has 0 rings (SSSR count). The first-order chi connectivity index (χ1) is 4.52. The van der Waals surface area contributed by atoms with Crippen LogP contribution in [0.2, 0.25) is 0 Å². The van der Waals surface area contributed by atoms with Crippen molar-refractivity contribution in [2.24, 2.45) is 0 Å². The second kappa shape index (κ2) is 6.36. The predicted octanol–water partition coefficient (Wildman–Crippen LogP) is -4.72. The molecule has 7 heteroatoms. The van der Waals surface area contributed by atoms with Crippen LogP contribution in [-0.4, -0.2) is 41.6 Å². The van der Waals surface area contributed by atoms with Crippen LogP contribution >= 0.6 is 0 Å². The average molecular weight is 192 g/mol. The zero-order valence-electron chi connectivity index (χ0n) is 6.23. The van der Waals surface area contributed by atoms with Crippen molar-refractivity contribution in [2.75, 3.05) is 13.2 Å². The van der Waals surface area contributed by atoms with Gasteiger partial charge in [0.15, 0.2) is 0 Å². The summed E-state index contributed by atoms with van der Waals surface area (Å²) < 4.78 is 30.4. The summed E-state index contributed by atoms with van der Waals surface area (Å²) in [6.45, 7) is -1.14. The Bertz CT molecular complexity index is 177. The number of aliphatic hydroxyl groups is 2. The normalized spacial score (nSPS) is 13.7. The van der Waals surface area contributed by atoms with Gasteiger partial charge in [0.05, 0.1) is 22.0 Å². The molecule has 0 amide bonds. The van der Waals surface area contributed by atoms with Gasteiger partial charge in [-0.1, -0.05) is 0 Å².